The lowest BCUT2D eigenvalue weighted by Gasteiger charge is -2.31. The molecule has 1 nitrogen and oxygen atoms in total. The van der Waals surface area contributed by atoms with Crippen molar-refractivity contribution < 1.29 is 0 Å². The lowest BCUT2D eigenvalue weighted by molar-refractivity contribution is 0.399. The Morgan fingerprint density at radius 2 is 1.81 bits per heavy atom. The molecule has 3 rings (SSSR count). The summed E-state index contributed by atoms with van der Waals surface area (Å²) in [5, 5.41) is 2.66. The van der Waals surface area contributed by atoms with Crippen LogP contribution in [-0.2, 0) is 0 Å². The summed E-state index contributed by atoms with van der Waals surface area (Å²) in [7, 11) is 0. The third-order valence-electron chi connectivity index (χ3n) is 4.02. The van der Waals surface area contributed by atoms with Gasteiger partial charge in [0.25, 0.3) is 0 Å². The fourth-order valence-electron chi connectivity index (χ4n) is 2.88. The minimum atomic E-state index is 0.474. The quantitative estimate of drug-likeness (QED) is 0.776. The summed E-state index contributed by atoms with van der Waals surface area (Å²) >= 11 is 0. The van der Waals surface area contributed by atoms with E-state index in [0.717, 1.165) is 13.1 Å². The molecule has 21 heavy (non-hydrogen) atoms. The molecule has 0 aliphatic carbocycles. The van der Waals surface area contributed by atoms with Gasteiger partial charge in [0.2, 0.25) is 0 Å². The van der Waals surface area contributed by atoms with Crippen LogP contribution in [-0.4, -0.2) is 18.0 Å². The zero-order valence-corrected chi connectivity index (χ0v) is 12.5. The largest absolute Gasteiger partial charge is 0.366 e. The van der Waals surface area contributed by atoms with Gasteiger partial charge in [-0.05, 0) is 16.7 Å². The molecule has 0 N–H and O–H groups in total. The zero-order chi connectivity index (χ0) is 14.7. The first-order chi connectivity index (χ1) is 10.3. The van der Waals surface area contributed by atoms with E-state index in [4.69, 9.17) is 0 Å². The Morgan fingerprint density at radius 1 is 1.10 bits per heavy atom. The van der Waals surface area contributed by atoms with Crippen LogP contribution in [0.1, 0.15) is 12.5 Å². The monoisotopic (exact) mass is 275 g/mol. The summed E-state index contributed by atoms with van der Waals surface area (Å²) in [6, 6.07) is 19.3. The smallest absolute Gasteiger partial charge is 0.0522 e. The molecule has 106 valence electrons. The average molecular weight is 275 g/mol. The molecular formula is C20H21N. The van der Waals surface area contributed by atoms with Crippen LogP contribution in [0.3, 0.4) is 0 Å². The second kappa shape index (κ2) is 6.01. The molecule has 0 spiro atoms. The topological polar surface area (TPSA) is 3.24 Å². The Hall–Kier alpha value is -2.28. The zero-order valence-electron chi connectivity index (χ0n) is 12.5. The van der Waals surface area contributed by atoms with E-state index in [1.54, 1.807) is 0 Å². The third kappa shape index (κ3) is 2.78. The van der Waals surface area contributed by atoms with Gasteiger partial charge in [0.1, 0.15) is 0 Å². The predicted molar refractivity (Wildman–Crippen MR) is 90.0 cm³/mol. The minimum absolute atomic E-state index is 0.474. The Kier molecular flexibility index (Phi) is 3.92. The standard InChI is InChI=1S/C20H21N/c1-3-16(2)15-21-14-13-17-9-7-8-12-19(17)20(21)18-10-5-4-6-11-18/h3-13,16H,1,14-15H2,2H3. The van der Waals surface area contributed by atoms with Gasteiger partial charge >= 0.3 is 0 Å². The molecule has 0 radical (unpaired) electrons. The first-order valence-corrected chi connectivity index (χ1v) is 7.52. The average Bonchev–Trinajstić information content (AvgIpc) is 2.55. The van der Waals surface area contributed by atoms with Crippen molar-refractivity contribution >= 4 is 11.8 Å². The fraction of sp³-hybridized carbons (Fsp3) is 0.200. The molecule has 0 amide bonds. The van der Waals surface area contributed by atoms with Crippen molar-refractivity contribution in [2.75, 3.05) is 13.1 Å². The molecule has 0 aromatic heterocycles. The Bertz CT molecular complexity index is 743. The van der Waals surface area contributed by atoms with Crippen molar-refractivity contribution in [1.82, 2.24) is 4.90 Å². The van der Waals surface area contributed by atoms with Crippen LogP contribution in [0.25, 0.3) is 11.8 Å². The molecule has 2 aromatic rings. The predicted octanol–water partition coefficient (Wildman–Crippen LogP) is 2.76. The van der Waals surface area contributed by atoms with E-state index >= 15 is 0 Å². The van der Waals surface area contributed by atoms with E-state index in [-0.39, 0.29) is 0 Å². The van der Waals surface area contributed by atoms with Crippen molar-refractivity contribution in [3.05, 3.63) is 83.3 Å². The molecule has 0 fully saturated rings. The van der Waals surface area contributed by atoms with E-state index < -0.39 is 0 Å². The molecule has 1 heteroatoms. The minimum Gasteiger partial charge on any atom is -0.366 e. The summed E-state index contributed by atoms with van der Waals surface area (Å²) in [5.41, 5.74) is 2.62. The molecule has 1 aliphatic heterocycles. The lowest BCUT2D eigenvalue weighted by Crippen LogP contribution is -2.41. The van der Waals surface area contributed by atoms with E-state index in [1.807, 2.05) is 6.08 Å². The molecule has 2 aromatic carbocycles. The van der Waals surface area contributed by atoms with Crippen LogP contribution >= 0.6 is 0 Å². The summed E-state index contributed by atoms with van der Waals surface area (Å²) in [6.45, 7) is 8.10. The molecule has 0 bridgehead atoms. The number of fused-ring (bicyclic) bond motifs is 1. The van der Waals surface area contributed by atoms with Crippen molar-refractivity contribution in [2.24, 2.45) is 5.92 Å². The van der Waals surface area contributed by atoms with Gasteiger partial charge in [-0.25, -0.2) is 0 Å². The van der Waals surface area contributed by atoms with Gasteiger partial charge in [0, 0.05) is 18.3 Å². The number of benzene rings is 2. The number of nitrogens with zero attached hydrogens (tertiary/aromatic N) is 1. The van der Waals surface area contributed by atoms with Crippen LogP contribution in [0, 0.1) is 5.92 Å². The van der Waals surface area contributed by atoms with Crippen molar-refractivity contribution in [3.63, 3.8) is 0 Å². The van der Waals surface area contributed by atoms with Gasteiger partial charge in [-0.2, -0.15) is 0 Å². The molecule has 0 saturated heterocycles. The molecule has 1 atom stereocenters. The first kappa shape index (κ1) is 13.7. The SMILES string of the molecule is C=CC(C)CN1CC=c2ccccc2=C1c1ccccc1. The molecule has 1 heterocycles. The number of hydrogen-bond donors (Lipinski definition) is 0. The molecule has 1 aliphatic rings. The Morgan fingerprint density at radius 3 is 2.57 bits per heavy atom. The highest BCUT2D eigenvalue weighted by molar-refractivity contribution is 5.66. The Labute approximate surface area is 126 Å². The van der Waals surface area contributed by atoms with Crippen LogP contribution in [0.5, 0.6) is 0 Å². The lowest BCUT2D eigenvalue weighted by atomic mass is 10.0. The maximum absolute atomic E-state index is 3.92. The van der Waals surface area contributed by atoms with Gasteiger partial charge in [-0.15, -0.1) is 6.58 Å². The maximum Gasteiger partial charge on any atom is 0.0522 e. The number of rotatable bonds is 4. The van der Waals surface area contributed by atoms with Gasteiger partial charge < -0.3 is 4.90 Å². The summed E-state index contributed by atoms with van der Waals surface area (Å²) in [6.07, 6.45) is 4.35. The summed E-state index contributed by atoms with van der Waals surface area (Å²) in [5.74, 6) is 0.474. The van der Waals surface area contributed by atoms with Gasteiger partial charge in [-0.3, -0.25) is 0 Å². The van der Waals surface area contributed by atoms with Crippen LogP contribution in [0.15, 0.2) is 67.3 Å². The van der Waals surface area contributed by atoms with Gasteiger partial charge in [0.15, 0.2) is 0 Å². The molecule has 1 unspecified atom stereocenters. The van der Waals surface area contributed by atoms with Crippen LogP contribution in [0.4, 0.5) is 0 Å². The number of hydrogen-bond acceptors (Lipinski definition) is 1. The van der Waals surface area contributed by atoms with Gasteiger partial charge in [-0.1, -0.05) is 73.7 Å². The Balaban J connectivity index is 2.18. The normalized spacial score (nSPS) is 15.1. The summed E-state index contributed by atoms with van der Waals surface area (Å²) < 4.78 is 0. The van der Waals surface area contributed by atoms with E-state index in [0.29, 0.717) is 5.92 Å². The van der Waals surface area contributed by atoms with Crippen molar-refractivity contribution in [2.45, 2.75) is 6.92 Å². The second-order valence-corrected chi connectivity index (χ2v) is 5.62. The highest BCUT2D eigenvalue weighted by Gasteiger charge is 2.16. The van der Waals surface area contributed by atoms with Crippen molar-refractivity contribution in [1.29, 1.82) is 0 Å². The second-order valence-electron chi connectivity index (χ2n) is 5.62. The first-order valence-electron chi connectivity index (χ1n) is 7.52. The summed E-state index contributed by atoms with van der Waals surface area (Å²) in [4.78, 5) is 2.46. The third-order valence-corrected chi connectivity index (χ3v) is 4.02. The van der Waals surface area contributed by atoms with Crippen LogP contribution in [0.2, 0.25) is 0 Å². The maximum atomic E-state index is 3.92. The van der Waals surface area contributed by atoms with E-state index in [2.05, 4.69) is 79.1 Å². The van der Waals surface area contributed by atoms with E-state index in [1.165, 1.54) is 21.7 Å². The van der Waals surface area contributed by atoms with E-state index in [9.17, 15) is 0 Å². The van der Waals surface area contributed by atoms with Crippen LogP contribution < -0.4 is 10.4 Å². The molecular weight excluding hydrogens is 254 g/mol. The highest BCUT2D eigenvalue weighted by Crippen LogP contribution is 2.19. The molecule has 0 saturated carbocycles. The highest BCUT2D eigenvalue weighted by atomic mass is 15.1. The fourth-order valence-corrected chi connectivity index (χ4v) is 2.88. The van der Waals surface area contributed by atoms with Crippen molar-refractivity contribution in [3.8, 4) is 0 Å². The van der Waals surface area contributed by atoms with Gasteiger partial charge in [0.05, 0.1) is 5.70 Å².